The van der Waals surface area contributed by atoms with Crippen LogP contribution in [0.3, 0.4) is 0 Å². The Morgan fingerprint density at radius 2 is 1.86 bits per heavy atom. The van der Waals surface area contributed by atoms with E-state index in [2.05, 4.69) is 25.2 Å². The van der Waals surface area contributed by atoms with Gasteiger partial charge < -0.3 is 19.5 Å². The van der Waals surface area contributed by atoms with Crippen molar-refractivity contribution >= 4 is 0 Å². The Morgan fingerprint density at radius 1 is 1.10 bits per heavy atom. The maximum absolute atomic E-state index is 5.47. The second-order valence-electron chi connectivity index (χ2n) is 5.21. The van der Waals surface area contributed by atoms with Gasteiger partial charge in [0.15, 0.2) is 11.5 Å². The topological polar surface area (TPSA) is 39.7 Å². The van der Waals surface area contributed by atoms with E-state index in [0.717, 1.165) is 50.5 Å². The van der Waals surface area contributed by atoms with Gasteiger partial charge in [-0.15, -0.1) is 0 Å². The van der Waals surface area contributed by atoms with Gasteiger partial charge in [0, 0.05) is 19.3 Å². The van der Waals surface area contributed by atoms with Crippen LogP contribution in [0.5, 0.6) is 11.5 Å². The van der Waals surface area contributed by atoms with E-state index in [4.69, 9.17) is 14.2 Å². The average Bonchev–Trinajstić information content (AvgIpc) is 2.50. The minimum atomic E-state index is 0.425. The second kappa shape index (κ2) is 10.5. The van der Waals surface area contributed by atoms with Crippen molar-refractivity contribution in [1.29, 1.82) is 0 Å². The fourth-order valence-corrected chi connectivity index (χ4v) is 2.20. The molecule has 1 aromatic carbocycles. The molecule has 0 saturated carbocycles. The molecule has 4 nitrogen and oxygen atoms in total. The zero-order chi connectivity index (χ0) is 15.5. The highest BCUT2D eigenvalue weighted by atomic mass is 16.5. The monoisotopic (exact) mass is 295 g/mol. The molecule has 0 saturated heterocycles. The van der Waals surface area contributed by atoms with Gasteiger partial charge in [-0.1, -0.05) is 13.0 Å². The van der Waals surface area contributed by atoms with Crippen molar-refractivity contribution in [2.75, 3.05) is 34.0 Å². The summed E-state index contributed by atoms with van der Waals surface area (Å²) < 4.78 is 16.1. The summed E-state index contributed by atoms with van der Waals surface area (Å²) in [6.07, 6.45) is 3.11. The van der Waals surface area contributed by atoms with Crippen LogP contribution in [0.15, 0.2) is 18.2 Å². The first-order valence-corrected chi connectivity index (χ1v) is 7.73. The van der Waals surface area contributed by atoms with E-state index < -0.39 is 0 Å². The molecule has 1 N–H and O–H groups in total. The lowest BCUT2D eigenvalue weighted by Crippen LogP contribution is -2.29. The number of methoxy groups -OCH3 is 2. The molecule has 120 valence electrons. The Morgan fingerprint density at radius 3 is 2.52 bits per heavy atom. The van der Waals surface area contributed by atoms with Crippen molar-refractivity contribution < 1.29 is 14.2 Å². The number of hydrogen-bond donors (Lipinski definition) is 1. The van der Waals surface area contributed by atoms with E-state index in [9.17, 15) is 0 Å². The van der Waals surface area contributed by atoms with Gasteiger partial charge in [-0.3, -0.25) is 0 Å². The summed E-state index contributed by atoms with van der Waals surface area (Å²) in [5, 5.41) is 3.52. The molecule has 0 bridgehead atoms. The van der Waals surface area contributed by atoms with Crippen LogP contribution in [0.1, 0.15) is 32.3 Å². The van der Waals surface area contributed by atoms with Crippen LogP contribution in [-0.2, 0) is 11.2 Å². The first-order valence-electron chi connectivity index (χ1n) is 7.73. The Kier molecular flexibility index (Phi) is 8.87. The van der Waals surface area contributed by atoms with Crippen LogP contribution >= 0.6 is 0 Å². The molecule has 21 heavy (non-hydrogen) atoms. The molecule has 0 aliphatic carbocycles. The third-order valence-corrected chi connectivity index (χ3v) is 3.30. The van der Waals surface area contributed by atoms with Crippen LogP contribution < -0.4 is 14.8 Å². The molecule has 0 spiro atoms. The van der Waals surface area contributed by atoms with Gasteiger partial charge in [0.05, 0.1) is 14.2 Å². The highest BCUT2D eigenvalue weighted by molar-refractivity contribution is 5.43. The van der Waals surface area contributed by atoms with Gasteiger partial charge in [0.25, 0.3) is 0 Å². The zero-order valence-corrected chi connectivity index (χ0v) is 13.8. The van der Waals surface area contributed by atoms with E-state index >= 15 is 0 Å². The lowest BCUT2D eigenvalue weighted by atomic mass is 10.1. The predicted molar refractivity (Wildman–Crippen MR) is 86.4 cm³/mol. The third-order valence-electron chi connectivity index (χ3n) is 3.30. The van der Waals surface area contributed by atoms with Crippen LogP contribution in [-0.4, -0.2) is 40.0 Å². The number of nitrogens with one attached hydrogen (secondary N) is 1. The van der Waals surface area contributed by atoms with Crippen LogP contribution in [0, 0.1) is 0 Å². The summed E-state index contributed by atoms with van der Waals surface area (Å²) in [6.45, 7) is 7.01. The van der Waals surface area contributed by atoms with E-state index in [1.807, 2.05) is 12.1 Å². The molecule has 0 heterocycles. The molecular formula is C17H29NO3. The van der Waals surface area contributed by atoms with Crippen LogP contribution in [0.2, 0.25) is 0 Å². The minimum absolute atomic E-state index is 0.425. The molecule has 1 atom stereocenters. The SMILES string of the molecule is CCCOCCCNC(C)Cc1ccc(OC)c(OC)c1. The highest BCUT2D eigenvalue weighted by Gasteiger charge is 2.07. The fraction of sp³-hybridized carbons (Fsp3) is 0.647. The van der Waals surface area contributed by atoms with Crippen LogP contribution in [0.25, 0.3) is 0 Å². The maximum atomic E-state index is 5.47. The summed E-state index contributed by atoms with van der Waals surface area (Å²) in [5.41, 5.74) is 1.25. The van der Waals surface area contributed by atoms with Crippen molar-refractivity contribution in [2.24, 2.45) is 0 Å². The molecule has 0 aliphatic heterocycles. The van der Waals surface area contributed by atoms with Crippen molar-refractivity contribution in [3.8, 4) is 11.5 Å². The molecule has 0 aromatic heterocycles. The normalized spacial score (nSPS) is 12.2. The maximum Gasteiger partial charge on any atom is 0.160 e. The highest BCUT2D eigenvalue weighted by Crippen LogP contribution is 2.27. The lowest BCUT2D eigenvalue weighted by Gasteiger charge is -2.15. The first kappa shape index (κ1) is 17.8. The predicted octanol–water partition coefficient (Wildman–Crippen LogP) is 3.04. The quantitative estimate of drug-likeness (QED) is 0.637. The Labute approximate surface area is 128 Å². The minimum Gasteiger partial charge on any atom is -0.493 e. The molecule has 0 amide bonds. The summed E-state index contributed by atoms with van der Waals surface area (Å²) in [7, 11) is 3.32. The van der Waals surface area contributed by atoms with Gasteiger partial charge in [-0.25, -0.2) is 0 Å². The Balaban J connectivity index is 2.32. The second-order valence-corrected chi connectivity index (χ2v) is 5.21. The van der Waals surface area contributed by atoms with E-state index in [-0.39, 0.29) is 0 Å². The molecule has 4 heteroatoms. The first-order chi connectivity index (χ1) is 10.2. The molecular weight excluding hydrogens is 266 g/mol. The smallest absolute Gasteiger partial charge is 0.160 e. The van der Waals surface area contributed by atoms with Crippen LogP contribution in [0.4, 0.5) is 0 Å². The number of rotatable bonds is 11. The van der Waals surface area contributed by atoms with Gasteiger partial charge in [0.1, 0.15) is 0 Å². The standard InChI is InChI=1S/C17H29NO3/c1-5-10-21-11-6-9-18-14(2)12-15-7-8-16(19-3)17(13-15)20-4/h7-8,13-14,18H,5-6,9-12H2,1-4H3. The lowest BCUT2D eigenvalue weighted by molar-refractivity contribution is 0.132. The number of hydrogen-bond acceptors (Lipinski definition) is 4. The van der Waals surface area contributed by atoms with Gasteiger partial charge in [-0.05, 0) is 50.4 Å². The van der Waals surface area contributed by atoms with Crippen molar-refractivity contribution in [2.45, 2.75) is 39.2 Å². The van der Waals surface area contributed by atoms with Gasteiger partial charge in [0.2, 0.25) is 0 Å². The van der Waals surface area contributed by atoms with E-state index in [1.165, 1.54) is 5.56 Å². The zero-order valence-electron chi connectivity index (χ0n) is 13.8. The molecule has 1 unspecified atom stereocenters. The molecule has 1 aromatic rings. The molecule has 1 rings (SSSR count). The van der Waals surface area contributed by atoms with Gasteiger partial charge >= 0.3 is 0 Å². The largest absolute Gasteiger partial charge is 0.493 e. The third kappa shape index (κ3) is 6.82. The van der Waals surface area contributed by atoms with Crippen molar-refractivity contribution in [1.82, 2.24) is 5.32 Å². The van der Waals surface area contributed by atoms with Gasteiger partial charge in [-0.2, -0.15) is 0 Å². The van der Waals surface area contributed by atoms with E-state index in [1.54, 1.807) is 14.2 Å². The summed E-state index contributed by atoms with van der Waals surface area (Å²) in [6, 6.07) is 6.51. The molecule has 0 fully saturated rings. The summed E-state index contributed by atoms with van der Waals surface area (Å²) in [5.74, 6) is 1.56. The fourth-order valence-electron chi connectivity index (χ4n) is 2.20. The number of ether oxygens (including phenoxy) is 3. The summed E-state index contributed by atoms with van der Waals surface area (Å²) in [4.78, 5) is 0. The Hall–Kier alpha value is -1.26. The number of benzene rings is 1. The molecule has 0 aliphatic rings. The summed E-state index contributed by atoms with van der Waals surface area (Å²) >= 11 is 0. The van der Waals surface area contributed by atoms with E-state index in [0.29, 0.717) is 6.04 Å². The molecule has 0 radical (unpaired) electrons. The van der Waals surface area contributed by atoms with Crippen molar-refractivity contribution in [3.63, 3.8) is 0 Å². The Bertz CT molecular complexity index is 396. The van der Waals surface area contributed by atoms with Crippen molar-refractivity contribution in [3.05, 3.63) is 23.8 Å². The average molecular weight is 295 g/mol.